The van der Waals surface area contributed by atoms with Crippen molar-refractivity contribution in [2.24, 2.45) is 0 Å². The molecule has 1 aromatic heterocycles. The van der Waals surface area contributed by atoms with Crippen LogP contribution >= 0.6 is 11.3 Å². The summed E-state index contributed by atoms with van der Waals surface area (Å²) in [5, 5.41) is 12.2. The summed E-state index contributed by atoms with van der Waals surface area (Å²) in [6.07, 6.45) is 0. The molecule has 114 valence electrons. The van der Waals surface area contributed by atoms with E-state index in [1.54, 1.807) is 17.4 Å². The van der Waals surface area contributed by atoms with Crippen molar-refractivity contribution in [3.63, 3.8) is 0 Å². The van der Waals surface area contributed by atoms with Crippen LogP contribution in [0.5, 0.6) is 5.75 Å². The van der Waals surface area contributed by atoms with Crippen LogP contribution in [-0.4, -0.2) is 42.1 Å². The van der Waals surface area contributed by atoms with Gasteiger partial charge in [-0.25, -0.2) is 0 Å². The molecular formula is C17H24N2OS. The molecule has 0 bridgehead atoms. The number of phenols is 1. The van der Waals surface area contributed by atoms with E-state index >= 15 is 0 Å². The highest BCUT2D eigenvalue weighted by molar-refractivity contribution is 7.09. The lowest BCUT2D eigenvalue weighted by Gasteiger charge is -2.24. The molecule has 0 aliphatic carbocycles. The van der Waals surface area contributed by atoms with Crippen molar-refractivity contribution in [1.29, 1.82) is 0 Å². The lowest BCUT2D eigenvalue weighted by molar-refractivity contribution is 0.225. The van der Waals surface area contributed by atoms with Gasteiger partial charge in [-0.15, -0.1) is 11.3 Å². The largest absolute Gasteiger partial charge is 0.508 e. The van der Waals surface area contributed by atoms with E-state index in [1.165, 1.54) is 10.4 Å². The Morgan fingerprint density at radius 1 is 1.10 bits per heavy atom. The number of hydrogen-bond acceptors (Lipinski definition) is 4. The predicted octanol–water partition coefficient (Wildman–Crippen LogP) is 3.33. The monoisotopic (exact) mass is 304 g/mol. The molecule has 3 nitrogen and oxygen atoms in total. The van der Waals surface area contributed by atoms with Crippen molar-refractivity contribution in [2.45, 2.75) is 20.0 Å². The number of benzene rings is 1. The van der Waals surface area contributed by atoms with Crippen LogP contribution in [0, 0.1) is 6.92 Å². The van der Waals surface area contributed by atoms with Crippen molar-refractivity contribution < 1.29 is 5.11 Å². The Kier molecular flexibility index (Phi) is 5.79. The number of rotatable bonds is 7. The van der Waals surface area contributed by atoms with Crippen LogP contribution in [0.2, 0.25) is 0 Å². The molecule has 0 amide bonds. The van der Waals surface area contributed by atoms with Crippen LogP contribution in [0.25, 0.3) is 0 Å². The average Bonchev–Trinajstić information content (AvgIpc) is 2.93. The van der Waals surface area contributed by atoms with Gasteiger partial charge in [-0.05, 0) is 38.5 Å². The Bertz CT molecular complexity index is 552. The lowest BCUT2D eigenvalue weighted by atomic mass is 10.1. The van der Waals surface area contributed by atoms with E-state index in [1.807, 2.05) is 6.07 Å². The maximum absolute atomic E-state index is 10.1. The fourth-order valence-electron chi connectivity index (χ4n) is 2.26. The maximum atomic E-state index is 10.1. The minimum Gasteiger partial charge on any atom is -0.508 e. The SMILES string of the molecule is Cc1ccc(O)c(CN(CCN(C)C)Cc2cccs2)c1. The third-order valence-electron chi connectivity index (χ3n) is 3.45. The number of aryl methyl sites for hydroxylation is 1. The zero-order valence-electron chi connectivity index (χ0n) is 13.0. The molecule has 0 aliphatic heterocycles. The molecule has 2 aromatic rings. The highest BCUT2D eigenvalue weighted by atomic mass is 32.1. The van der Waals surface area contributed by atoms with Gasteiger partial charge in [0.15, 0.2) is 0 Å². The number of nitrogens with zero attached hydrogens (tertiary/aromatic N) is 2. The molecule has 1 N–H and O–H groups in total. The molecule has 2 rings (SSSR count). The van der Waals surface area contributed by atoms with Crippen LogP contribution in [-0.2, 0) is 13.1 Å². The molecule has 0 fully saturated rings. The van der Waals surface area contributed by atoms with Gasteiger partial charge in [-0.2, -0.15) is 0 Å². The molecule has 0 spiro atoms. The molecule has 1 heterocycles. The number of phenolic OH excluding ortho intramolecular Hbond substituents is 1. The van der Waals surface area contributed by atoms with Crippen molar-refractivity contribution in [3.05, 3.63) is 51.7 Å². The Balaban J connectivity index is 2.08. The van der Waals surface area contributed by atoms with Crippen LogP contribution in [0.4, 0.5) is 0 Å². The highest BCUT2D eigenvalue weighted by Crippen LogP contribution is 2.21. The van der Waals surface area contributed by atoms with E-state index in [0.29, 0.717) is 5.75 Å². The Labute approximate surface area is 131 Å². The van der Waals surface area contributed by atoms with Crippen LogP contribution in [0.1, 0.15) is 16.0 Å². The summed E-state index contributed by atoms with van der Waals surface area (Å²) in [6, 6.07) is 10.1. The van der Waals surface area contributed by atoms with Crippen molar-refractivity contribution in [3.8, 4) is 5.75 Å². The summed E-state index contributed by atoms with van der Waals surface area (Å²) in [5.41, 5.74) is 2.19. The first-order valence-corrected chi connectivity index (χ1v) is 8.10. The van der Waals surface area contributed by atoms with Gasteiger partial charge in [0.2, 0.25) is 0 Å². The Morgan fingerprint density at radius 2 is 1.90 bits per heavy atom. The summed E-state index contributed by atoms with van der Waals surface area (Å²) in [5.74, 6) is 0.390. The van der Waals surface area contributed by atoms with E-state index in [9.17, 15) is 5.11 Å². The normalized spacial score (nSPS) is 11.5. The summed E-state index contributed by atoms with van der Waals surface area (Å²) in [6.45, 7) is 5.76. The third kappa shape index (κ3) is 5.16. The number of aromatic hydroxyl groups is 1. The number of likely N-dealkylation sites (N-methyl/N-ethyl adjacent to an activating group) is 1. The van der Waals surface area contributed by atoms with Crippen LogP contribution in [0.15, 0.2) is 35.7 Å². The van der Waals surface area contributed by atoms with Gasteiger partial charge in [-0.1, -0.05) is 23.8 Å². The average molecular weight is 304 g/mol. The third-order valence-corrected chi connectivity index (χ3v) is 4.31. The molecule has 4 heteroatoms. The summed E-state index contributed by atoms with van der Waals surface area (Å²) >= 11 is 1.79. The van der Waals surface area contributed by atoms with Gasteiger partial charge >= 0.3 is 0 Å². The molecule has 0 saturated heterocycles. The first-order chi connectivity index (χ1) is 10.0. The topological polar surface area (TPSA) is 26.7 Å². The van der Waals surface area contributed by atoms with Crippen LogP contribution < -0.4 is 0 Å². The molecule has 1 aromatic carbocycles. The van der Waals surface area contributed by atoms with Gasteiger partial charge < -0.3 is 10.0 Å². The van der Waals surface area contributed by atoms with Crippen molar-refractivity contribution in [1.82, 2.24) is 9.80 Å². The van der Waals surface area contributed by atoms with E-state index in [-0.39, 0.29) is 0 Å². The smallest absolute Gasteiger partial charge is 0.120 e. The molecule has 0 radical (unpaired) electrons. The quantitative estimate of drug-likeness (QED) is 0.850. The van der Waals surface area contributed by atoms with Crippen molar-refractivity contribution >= 4 is 11.3 Å². The van der Waals surface area contributed by atoms with Gasteiger partial charge in [0.05, 0.1) is 0 Å². The van der Waals surface area contributed by atoms with E-state index in [2.05, 4.69) is 54.4 Å². The minimum atomic E-state index is 0.390. The van der Waals surface area contributed by atoms with Crippen molar-refractivity contribution in [2.75, 3.05) is 27.2 Å². The maximum Gasteiger partial charge on any atom is 0.120 e. The zero-order valence-corrected chi connectivity index (χ0v) is 13.9. The molecule has 0 atom stereocenters. The first-order valence-electron chi connectivity index (χ1n) is 7.22. The Morgan fingerprint density at radius 3 is 2.57 bits per heavy atom. The van der Waals surface area contributed by atoms with Gasteiger partial charge in [0, 0.05) is 36.6 Å². The molecule has 0 saturated carbocycles. The predicted molar refractivity (Wildman–Crippen MR) is 89.8 cm³/mol. The Hall–Kier alpha value is -1.36. The lowest BCUT2D eigenvalue weighted by Crippen LogP contribution is -2.30. The second-order valence-corrected chi connectivity index (χ2v) is 6.76. The number of hydrogen-bond donors (Lipinski definition) is 1. The molecule has 0 unspecified atom stereocenters. The van der Waals surface area contributed by atoms with Gasteiger partial charge in [0.1, 0.15) is 5.75 Å². The summed E-state index contributed by atoms with van der Waals surface area (Å²) in [7, 11) is 4.18. The molecular weight excluding hydrogens is 280 g/mol. The second-order valence-electron chi connectivity index (χ2n) is 5.73. The number of thiophene rings is 1. The fourth-order valence-corrected chi connectivity index (χ4v) is 3.01. The zero-order chi connectivity index (χ0) is 15.2. The summed E-state index contributed by atoms with van der Waals surface area (Å²) < 4.78 is 0. The minimum absolute atomic E-state index is 0.390. The molecule has 21 heavy (non-hydrogen) atoms. The van der Waals surface area contributed by atoms with E-state index < -0.39 is 0 Å². The first kappa shape index (κ1) is 16.0. The van der Waals surface area contributed by atoms with E-state index in [0.717, 1.165) is 31.7 Å². The highest BCUT2D eigenvalue weighted by Gasteiger charge is 2.11. The van der Waals surface area contributed by atoms with Crippen LogP contribution in [0.3, 0.4) is 0 Å². The standard InChI is InChI=1S/C17H24N2OS/c1-14-6-7-17(20)15(11-14)12-19(9-8-18(2)3)13-16-5-4-10-21-16/h4-7,10-11,20H,8-9,12-13H2,1-3H3. The molecule has 0 aliphatic rings. The van der Waals surface area contributed by atoms with Gasteiger partial charge in [-0.3, -0.25) is 4.90 Å². The second kappa shape index (κ2) is 7.59. The fraction of sp³-hybridized carbons (Fsp3) is 0.412. The summed E-state index contributed by atoms with van der Waals surface area (Å²) in [4.78, 5) is 5.94. The van der Waals surface area contributed by atoms with E-state index in [4.69, 9.17) is 0 Å². The van der Waals surface area contributed by atoms with Gasteiger partial charge in [0.25, 0.3) is 0 Å².